The van der Waals surface area contributed by atoms with Crippen LogP contribution in [0.4, 0.5) is 14.5 Å². The average molecular weight is 479 g/mol. The lowest BCUT2D eigenvalue weighted by atomic mass is 10.0. The standard InChI is InChI=1S/C21H20F2N4O3S2/c1-13-7-8-16(23)11-18(13)32(29,30)27-9-3-4-14(12-27)20-25-26-21(31-20)19(28)24-17-6-2-5-15(22)10-17/h2,5-8,10-11,14H,3-4,9,12H2,1H3,(H,24,28)/t14-/m0/s1. The van der Waals surface area contributed by atoms with Gasteiger partial charge in [-0.05, 0) is 55.7 Å². The third-order valence-corrected chi connectivity index (χ3v) is 8.31. The van der Waals surface area contributed by atoms with E-state index in [9.17, 15) is 22.0 Å². The number of benzene rings is 2. The molecule has 0 bridgehead atoms. The van der Waals surface area contributed by atoms with Crippen molar-refractivity contribution in [1.29, 1.82) is 0 Å². The van der Waals surface area contributed by atoms with E-state index in [1.807, 2.05) is 0 Å². The van der Waals surface area contributed by atoms with Crippen molar-refractivity contribution < 1.29 is 22.0 Å². The van der Waals surface area contributed by atoms with E-state index in [-0.39, 0.29) is 22.4 Å². The largest absolute Gasteiger partial charge is 0.320 e. The molecule has 0 aliphatic carbocycles. The van der Waals surface area contributed by atoms with Crippen LogP contribution in [0.2, 0.25) is 0 Å². The topological polar surface area (TPSA) is 92.3 Å². The van der Waals surface area contributed by atoms with Gasteiger partial charge in [-0.25, -0.2) is 17.2 Å². The van der Waals surface area contributed by atoms with Gasteiger partial charge < -0.3 is 5.32 Å². The van der Waals surface area contributed by atoms with Crippen LogP contribution in [0, 0.1) is 18.6 Å². The first-order valence-electron chi connectivity index (χ1n) is 9.90. The second kappa shape index (κ2) is 9.00. The molecule has 1 saturated heterocycles. The van der Waals surface area contributed by atoms with Crippen molar-refractivity contribution in [2.75, 3.05) is 18.4 Å². The van der Waals surface area contributed by atoms with Gasteiger partial charge in [0, 0.05) is 24.7 Å². The van der Waals surface area contributed by atoms with E-state index < -0.39 is 27.6 Å². The minimum Gasteiger partial charge on any atom is -0.320 e. The monoisotopic (exact) mass is 478 g/mol. The molecule has 1 aromatic heterocycles. The molecule has 0 spiro atoms. The number of halogens is 2. The van der Waals surface area contributed by atoms with Crippen LogP contribution >= 0.6 is 11.3 Å². The van der Waals surface area contributed by atoms with Gasteiger partial charge in [0.05, 0.1) is 4.90 Å². The lowest BCUT2D eigenvalue weighted by molar-refractivity contribution is 0.102. The molecule has 4 rings (SSSR count). The van der Waals surface area contributed by atoms with Crippen molar-refractivity contribution in [1.82, 2.24) is 14.5 Å². The Hall–Kier alpha value is -2.76. The minimum absolute atomic E-state index is 0.0504. The van der Waals surface area contributed by atoms with Gasteiger partial charge >= 0.3 is 0 Å². The molecule has 1 fully saturated rings. The number of amides is 1. The summed E-state index contributed by atoms with van der Waals surface area (Å²) < 4.78 is 54.6. The van der Waals surface area contributed by atoms with Crippen molar-refractivity contribution in [3.05, 3.63) is 69.7 Å². The maximum Gasteiger partial charge on any atom is 0.286 e. The predicted molar refractivity (Wildman–Crippen MR) is 116 cm³/mol. The zero-order valence-electron chi connectivity index (χ0n) is 17.1. The van der Waals surface area contributed by atoms with Crippen LogP contribution in [0.5, 0.6) is 0 Å². The van der Waals surface area contributed by atoms with Crippen LogP contribution in [0.15, 0.2) is 47.4 Å². The number of carbonyl (C=O) groups excluding carboxylic acids is 1. The smallest absolute Gasteiger partial charge is 0.286 e. The van der Waals surface area contributed by atoms with E-state index in [2.05, 4.69) is 15.5 Å². The summed E-state index contributed by atoms with van der Waals surface area (Å²) in [5.74, 6) is -1.84. The number of hydrogen-bond acceptors (Lipinski definition) is 6. The highest BCUT2D eigenvalue weighted by Crippen LogP contribution is 2.33. The second-order valence-corrected chi connectivity index (χ2v) is 10.4. The van der Waals surface area contributed by atoms with Gasteiger partial charge in [0.2, 0.25) is 15.0 Å². The van der Waals surface area contributed by atoms with Crippen molar-refractivity contribution in [2.24, 2.45) is 0 Å². The third-order valence-electron chi connectivity index (χ3n) is 5.22. The molecule has 1 atom stereocenters. The predicted octanol–water partition coefficient (Wildman–Crippen LogP) is 3.95. The lowest BCUT2D eigenvalue weighted by Crippen LogP contribution is -2.39. The summed E-state index contributed by atoms with van der Waals surface area (Å²) in [5.41, 5.74) is 0.771. The summed E-state index contributed by atoms with van der Waals surface area (Å²) in [6, 6.07) is 9.21. The van der Waals surface area contributed by atoms with E-state index in [0.717, 1.165) is 17.4 Å². The molecule has 1 N–H and O–H groups in total. The van der Waals surface area contributed by atoms with Gasteiger partial charge in [0.25, 0.3) is 5.91 Å². The number of nitrogens with zero attached hydrogens (tertiary/aromatic N) is 3. The zero-order chi connectivity index (χ0) is 22.9. The Bertz CT molecular complexity index is 1260. The molecule has 1 aliphatic rings. The fourth-order valence-corrected chi connectivity index (χ4v) is 6.22. The SMILES string of the molecule is Cc1ccc(F)cc1S(=O)(=O)N1CCC[C@H](c2nnc(C(=O)Nc3cccc(F)c3)s2)C1. The highest BCUT2D eigenvalue weighted by Gasteiger charge is 2.33. The quantitative estimate of drug-likeness (QED) is 0.600. The number of piperidine rings is 1. The van der Waals surface area contributed by atoms with E-state index in [1.165, 1.54) is 34.6 Å². The molecular formula is C21H20F2N4O3S2. The number of anilines is 1. The summed E-state index contributed by atoms with van der Waals surface area (Å²) in [6.07, 6.45) is 1.29. The highest BCUT2D eigenvalue weighted by molar-refractivity contribution is 7.89. The lowest BCUT2D eigenvalue weighted by Gasteiger charge is -2.31. The molecule has 2 aromatic carbocycles. The molecule has 0 unspecified atom stereocenters. The van der Waals surface area contributed by atoms with Gasteiger partial charge in [-0.1, -0.05) is 23.5 Å². The number of rotatable bonds is 5. The minimum atomic E-state index is -3.88. The number of aryl methyl sites for hydroxylation is 1. The summed E-state index contributed by atoms with van der Waals surface area (Å²) in [4.78, 5) is 12.4. The first-order chi connectivity index (χ1) is 15.2. The van der Waals surface area contributed by atoms with Gasteiger partial charge in [-0.15, -0.1) is 10.2 Å². The summed E-state index contributed by atoms with van der Waals surface area (Å²) in [5, 5.41) is 11.2. The highest BCUT2D eigenvalue weighted by atomic mass is 32.2. The van der Waals surface area contributed by atoms with Crippen molar-refractivity contribution in [3.8, 4) is 0 Å². The van der Waals surface area contributed by atoms with Gasteiger partial charge in [0.1, 0.15) is 16.6 Å². The molecule has 0 radical (unpaired) electrons. The molecule has 2 heterocycles. The molecule has 7 nitrogen and oxygen atoms in total. The van der Waals surface area contributed by atoms with Gasteiger partial charge in [-0.3, -0.25) is 4.79 Å². The normalized spacial score (nSPS) is 17.3. The maximum atomic E-state index is 13.7. The fourth-order valence-electron chi connectivity index (χ4n) is 3.60. The van der Waals surface area contributed by atoms with Gasteiger partial charge in [0.15, 0.2) is 0 Å². The molecule has 32 heavy (non-hydrogen) atoms. The van der Waals surface area contributed by atoms with E-state index in [0.29, 0.717) is 35.6 Å². The first-order valence-corrected chi connectivity index (χ1v) is 12.2. The van der Waals surface area contributed by atoms with E-state index in [1.54, 1.807) is 13.0 Å². The molecule has 0 saturated carbocycles. The van der Waals surface area contributed by atoms with Crippen LogP contribution in [0.25, 0.3) is 0 Å². The van der Waals surface area contributed by atoms with Crippen molar-refractivity contribution in [3.63, 3.8) is 0 Å². The molecular weight excluding hydrogens is 458 g/mol. The molecule has 3 aromatic rings. The molecule has 168 valence electrons. The Kier molecular flexibility index (Phi) is 6.31. The Morgan fingerprint density at radius 2 is 1.94 bits per heavy atom. The number of hydrogen-bond donors (Lipinski definition) is 1. The molecule has 11 heteroatoms. The van der Waals surface area contributed by atoms with Crippen LogP contribution < -0.4 is 5.32 Å². The molecule has 1 amide bonds. The Morgan fingerprint density at radius 1 is 1.16 bits per heavy atom. The Balaban J connectivity index is 1.50. The number of nitrogens with one attached hydrogen (secondary N) is 1. The van der Waals surface area contributed by atoms with E-state index >= 15 is 0 Å². The average Bonchev–Trinajstić information content (AvgIpc) is 3.26. The maximum absolute atomic E-state index is 13.7. The van der Waals surface area contributed by atoms with Crippen LogP contribution in [0.3, 0.4) is 0 Å². The van der Waals surface area contributed by atoms with Crippen LogP contribution in [-0.2, 0) is 10.0 Å². The van der Waals surface area contributed by atoms with Crippen molar-refractivity contribution in [2.45, 2.75) is 30.6 Å². The summed E-state index contributed by atoms with van der Waals surface area (Å²) >= 11 is 1.08. The first kappa shape index (κ1) is 22.4. The second-order valence-electron chi connectivity index (χ2n) is 7.52. The summed E-state index contributed by atoms with van der Waals surface area (Å²) in [6.45, 7) is 2.11. The van der Waals surface area contributed by atoms with Crippen LogP contribution in [0.1, 0.15) is 39.1 Å². The zero-order valence-corrected chi connectivity index (χ0v) is 18.7. The number of carbonyl (C=O) groups is 1. The molecule has 1 aliphatic heterocycles. The number of sulfonamides is 1. The third kappa shape index (κ3) is 4.69. The van der Waals surface area contributed by atoms with Gasteiger partial charge in [-0.2, -0.15) is 4.31 Å². The summed E-state index contributed by atoms with van der Waals surface area (Å²) in [7, 11) is -3.88. The fraction of sp³-hybridized carbons (Fsp3) is 0.286. The van der Waals surface area contributed by atoms with Crippen LogP contribution in [-0.4, -0.2) is 41.9 Å². The van der Waals surface area contributed by atoms with Crippen molar-refractivity contribution >= 4 is 33.0 Å². The number of aromatic nitrogens is 2. The van der Waals surface area contributed by atoms with E-state index in [4.69, 9.17) is 0 Å². The Morgan fingerprint density at radius 3 is 2.72 bits per heavy atom. The Labute approximate surface area is 188 Å².